The van der Waals surface area contributed by atoms with Crippen LogP contribution in [-0.4, -0.2) is 27.5 Å². The van der Waals surface area contributed by atoms with Crippen LogP contribution in [0.3, 0.4) is 0 Å². The molecule has 104 valence electrons. The second kappa shape index (κ2) is 6.61. The van der Waals surface area contributed by atoms with Gasteiger partial charge in [0.25, 0.3) is 0 Å². The van der Waals surface area contributed by atoms with Crippen molar-refractivity contribution < 1.29 is 14.7 Å². The first-order chi connectivity index (χ1) is 8.82. The molecule has 0 aliphatic carbocycles. The molecular formula is C14H19NO3S. The fraction of sp³-hybridized carbons (Fsp3) is 0.429. The lowest BCUT2D eigenvalue weighted by Crippen LogP contribution is -2.26. The topological polar surface area (TPSA) is 66.4 Å². The second-order valence-corrected chi connectivity index (χ2v) is 6.18. The van der Waals surface area contributed by atoms with Crippen LogP contribution in [0.2, 0.25) is 0 Å². The first-order valence-electron chi connectivity index (χ1n) is 6.08. The molecule has 0 aliphatic rings. The Morgan fingerprint density at radius 1 is 1.21 bits per heavy atom. The van der Waals surface area contributed by atoms with E-state index in [-0.39, 0.29) is 5.91 Å². The Morgan fingerprint density at radius 3 is 2.42 bits per heavy atom. The molecule has 19 heavy (non-hydrogen) atoms. The number of hydrogen-bond acceptors (Lipinski definition) is 3. The van der Waals surface area contributed by atoms with E-state index in [1.165, 1.54) is 0 Å². The molecule has 1 rings (SSSR count). The number of carboxylic acids is 1. The van der Waals surface area contributed by atoms with E-state index in [1.54, 1.807) is 13.8 Å². The minimum atomic E-state index is -0.906. The van der Waals surface area contributed by atoms with Gasteiger partial charge in [-0.1, -0.05) is 12.1 Å². The van der Waals surface area contributed by atoms with E-state index in [0.29, 0.717) is 0 Å². The van der Waals surface area contributed by atoms with E-state index >= 15 is 0 Å². The zero-order valence-corrected chi connectivity index (χ0v) is 12.4. The van der Waals surface area contributed by atoms with E-state index in [9.17, 15) is 9.59 Å². The van der Waals surface area contributed by atoms with E-state index < -0.39 is 16.5 Å². The van der Waals surface area contributed by atoms with Crippen molar-refractivity contribution in [3.8, 4) is 0 Å². The number of carbonyl (C=O) groups is 2. The number of amides is 1. The van der Waals surface area contributed by atoms with Crippen molar-refractivity contribution in [2.75, 3.05) is 5.32 Å². The molecule has 5 heteroatoms. The fourth-order valence-electron chi connectivity index (χ4n) is 1.55. The number of nitrogens with one attached hydrogen (secondary N) is 1. The molecule has 2 N–H and O–H groups in total. The third-order valence-electron chi connectivity index (χ3n) is 2.99. The van der Waals surface area contributed by atoms with Crippen LogP contribution in [0.1, 0.15) is 25.0 Å². The van der Waals surface area contributed by atoms with Gasteiger partial charge >= 0.3 is 5.97 Å². The number of aryl methyl sites for hydroxylation is 1. The minimum absolute atomic E-state index is 0.174. The van der Waals surface area contributed by atoms with Crippen LogP contribution < -0.4 is 5.32 Å². The predicted molar refractivity (Wildman–Crippen MR) is 78.7 cm³/mol. The molecule has 2 atom stereocenters. The standard InChI is InChI=1S/C14H19NO3S/c1-8-6-5-7-12(9(8)2)15-13(16)10(3)19-11(4)14(17)18/h5-7,10-11H,1-4H3,(H,15,16)(H,17,18). The summed E-state index contributed by atoms with van der Waals surface area (Å²) < 4.78 is 0. The zero-order valence-electron chi connectivity index (χ0n) is 11.6. The van der Waals surface area contributed by atoms with Crippen LogP contribution in [0.4, 0.5) is 5.69 Å². The van der Waals surface area contributed by atoms with Crippen molar-refractivity contribution >= 4 is 29.3 Å². The van der Waals surface area contributed by atoms with Crippen molar-refractivity contribution in [2.45, 2.75) is 38.2 Å². The van der Waals surface area contributed by atoms with Gasteiger partial charge in [-0.15, -0.1) is 11.8 Å². The number of carboxylic acid groups (broad SMARTS) is 1. The molecule has 0 bridgehead atoms. The molecule has 0 radical (unpaired) electrons. The van der Waals surface area contributed by atoms with E-state index in [4.69, 9.17) is 5.11 Å². The Morgan fingerprint density at radius 2 is 1.84 bits per heavy atom. The molecule has 0 heterocycles. The van der Waals surface area contributed by atoms with Gasteiger partial charge in [0.1, 0.15) is 5.25 Å². The van der Waals surface area contributed by atoms with Crippen LogP contribution in [0.5, 0.6) is 0 Å². The Kier molecular flexibility index (Phi) is 5.42. The van der Waals surface area contributed by atoms with Gasteiger partial charge in [-0.05, 0) is 44.9 Å². The average Bonchev–Trinajstić information content (AvgIpc) is 2.34. The molecule has 0 fully saturated rings. The van der Waals surface area contributed by atoms with E-state index in [0.717, 1.165) is 28.6 Å². The van der Waals surface area contributed by atoms with Gasteiger partial charge < -0.3 is 10.4 Å². The van der Waals surface area contributed by atoms with Crippen LogP contribution in [-0.2, 0) is 9.59 Å². The normalized spacial score (nSPS) is 13.7. The quantitative estimate of drug-likeness (QED) is 0.871. The van der Waals surface area contributed by atoms with Crippen molar-refractivity contribution in [2.24, 2.45) is 0 Å². The maximum Gasteiger partial charge on any atom is 0.316 e. The van der Waals surface area contributed by atoms with Gasteiger partial charge in [0.2, 0.25) is 5.91 Å². The summed E-state index contributed by atoms with van der Waals surface area (Å²) in [5.74, 6) is -1.08. The number of hydrogen-bond donors (Lipinski definition) is 2. The maximum atomic E-state index is 12.0. The minimum Gasteiger partial charge on any atom is -0.480 e. The Labute approximate surface area is 117 Å². The van der Waals surface area contributed by atoms with Crippen LogP contribution in [0.15, 0.2) is 18.2 Å². The van der Waals surface area contributed by atoms with Gasteiger partial charge in [-0.25, -0.2) is 0 Å². The predicted octanol–water partition coefficient (Wildman–Crippen LogP) is 2.84. The van der Waals surface area contributed by atoms with Crippen molar-refractivity contribution in [1.82, 2.24) is 0 Å². The van der Waals surface area contributed by atoms with Crippen molar-refractivity contribution in [3.05, 3.63) is 29.3 Å². The summed E-state index contributed by atoms with van der Waals surface area (Å²) in [6.45, 7) is 7.22. The summed E-state index contributed by atoms with van der Waals surface area (Å²) in [5.41, 5.74) is 2.91. The Bertz CT molecular complexity index is 488. The number of anilines is 1. The largest absolute Gasteiger partial charge is 0.480 e. The number of thioether (sulfide) groups is 1. The molecule has 0 saturated carbocycles. The Hall–Kier alpha value is -1.49. The molecule has 1 aromatic rings. The zero-order chi connectivity index (χ0) is 14.6. The second-order valence-electron chi connectivity index (χ2n) is 4.50. The van der Waals surface area contributed by atoms with E-state index in [2.05, 4.69) is 5.32 Å². The first-order valence-corrected chi connectivity index (χ1v) is 7.02. The van der Waals surface area contributed by atoms with Gasteiger partial charge in [0.15, 0.2) is 0 Å². The maximum absolute atomic E-state index is 12.0. The van der Waals surface area contributed by atoms with Crippen molar-refractivity contribution in [1.29, 1.82) is 0 Å². The number of carbonyl (C=O) groups excluding carboxylic acids is 1. The number of benzene rings is 1. The molecule has 4 nitrogen and oxygen atoms in total. The third-order valence-corrected chi connectivity index (χ3v) is 4.22. The summed E-state index contributed by atoms with van der Waals surface area (Å²) in [7, 11) is 0. The summed E-state index contributed by atoms with van der Waals surface area (Å²) in [6.07, 6.45) is 0. The first kappa shape index (κ1) is 15.6. The molecule has 2 unspecified atom stereocenters. The highest BCUT2D eigenvalue weighted by Crippen LogP contribution is 2.22. The molecule has 1 aromatic carbocycles. The summed E-state index contributed by atoms with van der Waals surface area (Å²) in [4.78, 5) is 22.8. The lowest BCUT2D eigenvalue weighted by molar-refractivity contribution is -0.136. The fourth-order valence-corrected chi connectivity index (χ4v) is 2.46. The lowest BCUT2D eigenvalue weighted by atomic mass is 10.1. The molecule has 1 amide bonds. The molecule has 0 saturated heterocycles. The SMILES string of the molecule is Cc1cccc(NC(=O)C(C)SC(C)C(=O)O)c1C. The van der Waals surface area contributed by atoms with Gasteiger partial charge in [0, 0.05) is 5.69 Å². The summed E-state index contributed by atoms with van der Waals surface area (Å²) >= 11 is 1.13. The highest BCUT2D eigenvalue weighted by atomic mass is 32.2. The number of rotatable bonds is 5. The van der Waals surface area contributed by atoms with Crippen molar-refractivity contribution in [3.63, 3.8) is 0 Å². The number of aliphatic carboxylic acids is 1. The molecular weight excluding hydrogens is 262 g/mol. The van der Waals surface area contributed by atoms with Gasteiger partial charge in [-0.2, -0.15) is 0 Å². The van der Waals surface area contributed by atoms with Crippen LogP contribution in [0.25, 0.3) is 0 Å². The average molecular weight is 281 g/mol. The third kappa shape index (κ3) is 4.28. The highest BCUT2D eigenvalue weighted by Gasteiger charge is 2.21. The van der Waals surface area contributed by atoms with Crippen LogP contribution >= 0.6 is 11.8 Å². The van der Waals surface area contributed by atoms with Gasteiger partial charge in [0.05, 0.1) is 5.25 Å². The van der Waals surface area contributed by atoms with Gasteiger partial charge in [-0.3, -0.25) is 9.59 Å². The lowest BCUT2D eigenvalue weighted by Gasteiger charge is -2.16. The molecule has 0 aliphatic heterocycles. The summed E-state index contributed by atoms with van der Waals surface area (Å²) in [5, 5.41) is 10.7. The highest BCUT2D eigenvalue weighted by molar-refractivity contribution is 8.01. The monoisotopic (exact) mass is 281 g/mol. The molecule has 0 aromatic heterocycles. The summed E-state index contributed by atoms with van der Waals surface area (Å²) in [6, 6.07) is 5.71. The Balaban J connectivity index is 2.69. The van der Waals surface area contributed by atoms with Crippen LogP contribution in [0, 0.1) is 13.8 Å². The smallest absolute Gasteiger partial charge is 0.316 e. The molecule has 0 spiro atoms. The van der Waals surface area contributed by atoms with E-state index in [1.807, 2.05) is 32.0 Å².